The van der Waals surface area contributed by atoms with Crippen LogP contribution in [0.2, 0.25) is 0 Å². The molecule has 1 aromatic heterocycles. The fourth-order valence-electron chi connectivity index (χ4n) is 2.17. The summed E-state index contributed by atoms with van der Waals surface area (Å²) in [4.78, 5) is 16.2. The Morgan fingerprint density at radius 1 is 1.43 bits per heavy atom. The molecule has 0 aliphatic carbocycles. The number of fused-ring (bicyclic) bond motifs is 1. The number of nitrogens with one attached hydrogen (secondary N) is 2. The van der Waals surface area contributed by atoms with Gasteiger partial charge in [0, 0.05) is 25.0 Å². The van der Waals surface area contributed by atoms with Crippen LogP contribution in [-0.4, -0.2) is 36.6 Å². The molecule has 0 saturated heterocycles. The summed E-state index contributed by atoms with van der Waals surface area (Å²) in [5, 5.41) is 5.94. The number of anilines is 1. The van der Waals surface area contributed by atoms with E-state index in [4.69, 9.17) is 0 Å². The summed E-state index contributed by atoms with van der Waals surface area (Å²) >= 11 is 2.67. The highest BCUT2D eigenvalue weighted by atomic mass is 32.2. The van der Waals surface area contributed by atoms with Crippen LogP contribution in [0, 0.1) is 0 Å². The average molecular weight is 326 g/mol. The van der Waals surface area contributed by atoms with Crippen molar-refractivity contribution in [2.24, 2.45) is 4.40 Å². The minimum absolute atomic E-state index is 0.123. The Balaban J connectivity index is 2.22. The molecule has 7 heteroatoms. The molecule has 0 spiro atoms. The van der Waals surface area contributed by atoms with E-state index >= 15 is 0 Å². The zero-order chi connectivity index (χ0) is 15.2. The predicted octanol–water partition coefficient (Wildman–Crippen LogP) is 3.53. The van der Waals surface area contributed by atoms with E-state index in [9.17, 15) is 4.79 Å². The van der Waals surface area contributed by atoms with Gasteiger partial charge in [-0.1, -0.05) is 19.8 Å². The Labute approximate surface area is 134 Å². The maximum atomic E-state index is 11.8. The number of amidine groups is 1. The van der Waals surface area contributed by atoms with Crippen molar-refractivity contribution < 1.29 is 4.79 Å². The van der Waals surface area contributed by atoms with E-state index in [1.54, 1.807) is 11.3 Å². The van der Waals surface area contributed by atoms with E-state index in [1.165, 1.54) is 17.7 Å². The second-order valence-corrected chi connectivity index (χ2v) is 6.91. The molecule has 1 aliphatic heterocycles. The Morgan fingerprint density at radius 2 is 2.24 bits per heavy atom. The number of thiophene rings is 1. The number of amides is 1. The van der Waals surface area contributed by atoms with E-state index < -0.39 is 0 Å². The van der Waals surface area contributed by atoms with E-state index in [-0.39, 0.29) is 5.24 Å². The second kappa shape index (κ2) is 7.82. The minimum atomic E-state index is -0.123. The smallest absolute Gasteiger partial charge is 0.306 e. The van der Waals surface area contributed by atoms with Gasteiger partial charge in [0.1, 0.15) is 0 Å². The lowest BCUT2D eigenvalue weighted by atomic mass is 10.2. The number of carbonyl (C=O) groups excluding carboxylic acids is 1. The van der Waals surface area contributed by atoms with Gasteiger partial charge in [-0.3, -0.25) is 4.79 Å². The van der Waals surface area contributed by atoms with Gasteiger partial charge in [-0.05, 0) is 19.5 Å². The Morgan fingerprint density at radius 3 is 2.95 bits per heavy atom. The zero-order valence-electron chi connectivity index (χ0n) is 12.7. The second-order valence-electron chi connectivity index (χ2n) is 5.03. The lowest BCUT2D eigenvalue weighted by Crippen LogP contribution is -2.27. The molecule has 2 rings (SSSR count). The number of unbranched alkanes of at least 4 members (excludes halogenated alkanes) is 2. The first-order valence-electron chi connectivity index (χ1n) is 7.20. The molecule has 0 saturated carbocycles. The molecule has 2 N–H and O–H groups in total. The largest absolute Gasteiger partial charge is 0.358 e. The molecule has 0 bridgehead atoms. The molecule has 1 amide bonds. The van der Waals surface area contributed by atoms with Crippen LogP contribution in [0.1, 0.15) is 35.9 Å². The molecular weight excluding hydrogens is 304 g/mol. The highest BCUT2D eigenvalue weighted by molar-refractivity contribution is 8.12. The Bertz CT molecular complexity index is 527. The van der Waals surface area contributed by atoms with Gasteiger partial charge in [0.15, 0.2) is 5.84 Å². The molecule has 21 heavy (non-hydrogen) atoms. The van der Waals surface area contributed by atoms with Gasteiger partial charge in [0.2, 0.25) is 0 Å². The van der Waals surface area contributed by atoms with Crippen molar-refractivity contribution in [3.63, 3.8) is 0 Å². The fraction of sp³-hybridized carbons (Fsp3) is 0.571. The summed E-state index contributed by atoms with van der Waals surface area (Å²) < 4.78 is 4.43. The maximum Gasteiger partial charge on any atom is 0.306 e. The number of nitrogens with zero attached hydrogens (tertiary/aromatic N) is 2. The van der Waals surface area contributed by atoms with Gasteiger partial charge in [-0.25, -0.2) is 0 Å². The van der Waals surface area contributed by atoms with Crippen molar-refractivity contribution in [1.29, 1.82) is 0 Å². The van der Waals surface area contributed by atoms with Gasteiger partial charge in [0.05, 0.1) is 22.5 Å². The minimum Gasteiger partial charge on any atom is -0.358 e. The molecule has 0 fully saturated rings. The number of carbonyl (C=O) groups is 1. The van der Waals surface area contributed by atoms with Gasteiger partial charge in [-0.2, -0.15) is 4.40 Å². The predicted molar refractivity (Wildman–Crippen MR) is 92.4 cm³/mol. The summed E-state index contributed by atoms with van der Waals surface area (Å²) in [5.41, 5.74) is 0.876. The highest BCUT2D eigenvalue weighted by Crippen LogP contribution is 2.33. The summed E-state index contributed by atoms with van der Waals surface area (Å²) in [7, 11) is 3.97. The van der Waals surface area contributed by atoms with Crippen LogP contribution in [0.25, 0.3) is 0 Å². The van der Waals surface area contributed by atoms with Crippen molar-refractivity contribution in [2.75, 3.05) is 26.0 Å². The fourth-order valence-corrected chi connectivity index (χ4v) is 3.95. The van der Waals surface area contributed by atoms with Gasteiger partial charge >= 0.3 is 5.24 Å². The normalized spacial score (nSPS) is 14.2. The van der Waals surface area contributed by atoms with Crippen molar-refractivity contribution >= 4 is 40.0 Å². The quantitative estimate of drug-likeness (QED) is 0.620. The van der Waals surface area contributed by atoms with Crippen molar-refractivity contribution in [3.8, 4) is 0 Å². The van der Waals surface area contributed by atoms with Crippen molar-refractivity contribution in [1.82, 2.24) is 10.2 Å². The topological polar surface area (TPSA) is 56.7 Å². The molecular formula is C14H22N4OS2. The van der Waals surface area contributed by atoms with Crippen LogP contribution >= 0.6 is 23.3 Å². The monoisotopic (exact) mass is 326 g/mol. The van der Waals surface area contributed by atoms with Gasteiger partial charge in [0.25, 0.3) is 0 Å². The van der Waals surface area contributed by atoms with Crippen molar-refractivity contribution in [2.45, 2.75) is 32.7 Å². The molecule has 1 aliphatic rings. The summed E-state index contributed by atoms with van der Waals surface area (Å²) in [6.45, 7) is 3.95. The van der Waals surface area contributed by atoms with Crippen LogP contribution in [-0.2, 0) is 6.54 Å². The van der Waals surface area contributed by atoms with Crippen LogP contribution in [0.5, 0.6) is 0 Å². The SMILES string of the molecule is CCCCCN(C)C1=NSC(=O)Nc2cc(CNC)sc21. The first kappa shape index (κ1) is 16.3. The summed E-state index contributed by atoms with van der Waals surface area (Å²) in [6.07, 6.45) is 3.55. The van der Waals surface area contributed by atoms with Crippen molar-refractivity contribution in [3.05, 3.63) is 15.8 Å². The number of rotatable bonds is 6. The van der Waals surface area contributed by atoms with Crippen LogP contribution in [0.4, 0.5) is 10.5 Å². The standard InChI is InChI=1S/C14H22N4OS2/c1-4-5-6-7-18(3)13-12-11(16-14(19)21-17-13)8-10(20-12)9-15-2/h8,15H,4-7,9H2,1-3H3,(H,16,19). The molecule has 0 unspecified atom stereocenters. The average Bonchev–Trinajstić information content (AvgIpc) is 2.75. The first-order valence-corrected chi connectivity index (χ1v) is 8.79. The lowest BCUT2D eigenvalue weighted by Gasteiger charge is -2.19. The molecule has 0 aromatic carbocycles. The van der Waals surface area contributed by atoms with E-state index in [1.807, 2.05) is 20.2 Å². The Kier molecular flexibility index (Phi) is 6.08. The first-order chi connectivity index (χ1) is 10.2. The van der Waals surface area contributed by atoms with E-state index in [2.05, 4.69) is 26.9 Å². The zero-order valence-corrected chi connectivity index (χ0v) is 14.4. The molecule has 116 valence electrons. The summed E-state index contributed by atoms with van der Waals surface area (Å²) in [5.74, 6) is 0.900. The van der Waals surface area contributed by atoms with Crippen LogP contribution in [0.15, 0.2) is 10.5 Å². The van der Waals surface area contributed by atoms with Crippen LogP contribution in [0.3, 0.4) is 0 Å². The molecule has 2 heterocycles. The third kappa shape index (κ3) is 4.21. The molecule has 1 aromatic rings. The molecule has 0 atom stereocenters. The number of hydrogen-bond donors (Lipinski definition) is 2. The summed E-state index contributed by atoms with van der Waals surface area (Å²) in [6, 6.07) is 2.04. The van der Waals surface area contributed by atoms with Gasteiger partial charge in [-0.15, -0.1) is 11.3 Å². The number of hydrogen-bond acceptors (Lipinski definition) is 6. The van der Waals surface area contributed by atoms with E-state index in [0.29, 0.717) is 0 Å². The van der Waals surface area contributed by atoms with Crippen LogP contribution < -0.4 is 10.6 Å². The third-order valence-electron chi connectivity index (χ3n) is 3.25. The molecule has 0 radical (unpaired) electrons. The van der Waals surface area contributed by atoms with Gasteiger partial charge < -0.3 is 15.5 Å². The Hall–Kier alpha value is -1.05. The van der Waals surface area contributed by atoms with E-state index in [0.717, 1.165) is 47.9 Å². The lowest BCUT2D eigenvalue weighted by molar-refractivity contribution is 0.270. The maximum absolute atomic E-state index is 11.8. The highest BCUT2D eigenvalue weighted by Gasteiger charge is 2.23. The third-order valence-corrected chi connectivity index (χ3v) is 4.91. The molecule has 5 nitrogen and oxygen atoms in total.